The van der Waals surface area contributed by atoms with E-state index in [0.29, 0.717) is 33.5 Å². The fourth-order valence-corrected chi connectivity index (χ4v) is 2.84. The molecule has 0 saturated carbocycles. The number of halogens is 1. The molecule has 2 amide bonds. The molecule has 7 heteroatoms. The van der Waals surface area contributed by atoms with Gasteiger partial charge in [0.1, 0.15) is 11.5 Å². The first-order chi connectivity index (χ1) is 14.4. The molecule has 3 rings (SSSR count). The van der Waals surface area contributed by atoms with E-state index in [1.54, 1.807) is 67.8 Å². The summed E-state index contributed by atoms with van der Waals surface area (Å²) in [5.41, 5.74) is 2.64. The van der Waals surface area contributed by atoms with E-state index in [2.05, 4.69) is 10.6 Å². The molecule has 3 aromatic rings. The van der Waals surface area contributed by atoms with Gasteiger partial charge in [-0.2, -0.15) is 0 Å². The van der Waals surface area contributed by atoms with Crippen LogP contribution in [0.25, 0.3) is 0 Å². The van der Waals surface area contributed by atoms with E-state index in [4.69, 9.17) is 21.1 Å². The van der Waals surface area contributed by atoms with Gasteiger partial charge in [-0.25, -0.2) is 0 Å². The van der Waals surface area contributed by atoms with Crippen molar-refractivity contribution in [1.82, 2.24) is 0 Å². The van der Waals surface area contributed by atoms with Crippen molar-refractivity contribution >= 4 is 34.8 Å². The highest BCUT2D eigenvalue weighted by molar-refractivity contribution is 6.31. The summed E-state index contributed by atoms with van der Waals surface area (Å²) in [7, 11) is 1.56. The Morgan fingerprint density at radius 3 is 2.43 bits per heavy atom. The Morgan fingerprint density at radius 1 is 0.933 bits per heavy atom. The average Bonchev–Trinajstić information content (AvgIpc) is 2.75. The van der Waals surface area contributed by atoms with Crippen LogP contribution in [-0.2, 0) is 4.79 Å². The number of ether oxygens (including phenoxy) is 2. The van der Waals surface area contributed by atoms with Crippen molar-refractivity contribution in [1.29, 1.82) is 0 Å². The predicted octanol–water partition coefficient (Wildman–Crippen LogP) is 4.93. The van der Waals surface area contributed by atoms with Gasteiger partial charge in [0.2, 0.25) is 0 Å². The summed E-state index contributed by atoms with van der Waals surface area (Å²) in [4.78, 5) is 24.5. The van der Waals surface area contributed by atoms with E-state index < -0.39 is 0 Å². The Hall–Kier alpha value is -3.51. The van der Waals surface area contributed by atoms with Gasteiger partial charge >= 0.3 is 0 Å². The second kappa shape index (κ2) is 9.80. The summed E-state index contributed by atoms with van der Waals surface area (Å²) in [6.07, 6.45) is 0. The molecule has 3 aromatic carbocycles. The molecular formula is C23H21ClN2O4. The molecule has 0 aliphatic carbocycles. The second-order valence-electron chi connectivity index (χ2n) is 6.51. The van der Waals surface area contributed by atoms with Crippen molar-refractivity contribution in [2.75, 3.05) is 24.4 Å². The van der Waals surface area contributed by atoms with Crippen molar-refractivity contribution in [3.63, 3.8) is 0 Å². The number of rotatable bonds is 7. The van der Waals surface area contributed by atoms with Crippen LogP contribution in [0, 0.1) is 6.92 Å². The van der Waals surface area contributed by atoms with Gasteiger partial charge in [0.25, 0.3) is 11.8 Å². The number of amides is 2. The van der Waals surface area contributed by atoms with Crippen LogP contribution in [0.2, 0.25) is 5.02 Å². The van der Waals surface area contributed by atoms with Gasteiger partial charge in [0.15, 0.2) is 6.61 Å². The molecule has 0 atom stereocenters. The highest BCUT2D eigenvalue weighted by Crippen LogP contribution is 2.21. The van der Waals surface area contributed by atoms with Crippen LogP contribution in [0.1, 0.15) is 15.9 Å². The largest absolute Gasteiger partial charge is 0.497 e. The Balaban J connectivity index is 1.54. The zero-order chi connectivity index (χ0) is 21.5. The number of aryl methyl sites for hydroxylation is 1. The molecular weight excluding hydrogens is 404 g/mol. The molecule has 0 saturated heterocycles. The third-order valence-corrected chi connectivity index (χ3v) is 4.52. The number of benzene rings is 3. The van der Waals surface area contributed by atoms with E-state index in [9.17, 15) is 9.59 Å². The minimum absolute atomic E-state index is 0.162. The van der Waals surface area contributed by atoms with Crippen LogP contribution in [-0.4, -0.2) is 25.5 Å². The number of anilines is 2. The van der Waals surface area contributed by atoms with Crippen molar-refractivity contribution in [3.05, 3.63) is 82.9 Å². The summed E-state index contributed by atoms with van der Waals surface area (Å²) < 4.78 is 10.6. The lowest BCUT2D eigenvalue weighted by atomic mass is 10.1. The molecule has 0 aliphatic rings. The minimum atomic E-state index is -0.304. The first kappa shape index (κ1) is 21.2. The first-order valence-corrected chi connectivity index (χ1v) is 9.56. The monoisotopic (exact) mass is 424 g/mol. The normalized spacial score (nSPS) is 10.2. The average molecular weight is 425 g/mol. The Morgan fingerprint density at radius 2 is 1.70 bits per heavy atom. The number of carbonyl (C=O) groups is 2. The summed E-state index contributed by atoms with van der Waals surface area (Å²) in [5, 5.41) is 6.12. The van der Waals surface area contributed by atoms with Crippen LogP contribution in [0.15, 0.2) is 66.7 Å². The molecule has 0 bridgehead atoms. The van der Waals surface area contributed by atoms with Crippen molar-refractivity contribution in [3.8, 4) is 11.5 Å². The molecule has 2 N–H and O–H groups in total. The Kier molecular flexibility index (Phi) is 6.93. The van der Waals surface area contributed by atoms with Crippen LogP contribution >= 0.6 is 11.6 Å². The number of hydrogen-bond acceptors (Lipinski definition) is 4. The van der Waals surface area contributed by atoms with Gasteiger partial charge in [0.05, 0.1) is 7.11 Å². The maximum Gasteiger partial charge on any atom is 0.262 e. The van der Waals surface area contributed by atoms with E-state index in [0.717, 1.165) is 5.56 Å². The topological polar surface area (TPSA) is 76.7 Å². The van der Waals surface area contributed by atoms with Crippen molar-refractivity contribution in [2.45, 2.75) is 6.92 Å². The van der Waals surface area contributed by atoms with Gasteiger partial charge in [-0.15, -0.1) is 0 Å². The summed E-state index contributed by atoms with van der Waals surface area (Å²) in [6.45, 7) is 1.73. The molecule has 0 unspecified atom stereocenters. The number of nitrogens with one attached hydrogen (secondary N) is 2. The molecule has 0 aromatic heterocycles. The quantitative estimate of drug-likeness (QED) is 0.564. The summed E-state index contributed by atoms with van der Waals surface area (Å²) in [6, 6.07) is 18.9. The molecule has 0 radical (unpaired) electrons. The predicted molar refractivity (Wildman–Crippen MR) is 118 cm³/mol. The molecule has 0 heterocycles. The second-order valence-corrected chi connectivity index (χ2v) is 6.94. The van der Waals surface area contributed by atoms with Crippen LogP contribution in [0.5, 0.6) is 11.5 Å². The van der Waals surface area contributed by atoms with Gasteiger partial charge < -0.3 is 20.1 Å². The number of hydrogen-bond donors (Lipinski definition) is 2. The van der Waals surface area contributed by atoms with Crippen LogP contribution in [0.3, 0.4) is 0 Å². The van der Waals surface area contributed by atoms with Gasteiger partial charge in [-0.1, -0.05) is 23.7 Å². The van der Waals surface area contributed by atoms with Crippen LogP contribution < -0.4 is 20.1 Å². The van der Waals surface area contributed by atoms with E-state index in [1.165, 1.54) is 0 Å². The van der Waals surface area contributed by atoms with Gasteiger partial charge in [-0.05, 0) is 61.0 Å². The minimum Gasteiger partial charge on any atom is -0.497 e. The first-order valence-electron chi connectivity index (χ1n) is 9.19. The van der Waals surface area contributed by atoms with E-state index in [1.807, 2.05) is 13.0 Å². The summed E-state index contributed by atoms with van der Waals surface area (Å²) >= 11 is 5.99. The van der Waals surface area contributed by atoms with E-state index in [-0.39, 0.29) is 18.4 Å². The Labute approximate surface area is 179 Å². The third-order valence-electron chi connectivity index (χ3n) is 4.29. The molecule has 0 aliphatic heterocycles. The zero-order valence-corrected chi connectivity index (χ0v) is 17.3. The lowest BCUT2D eigenvalue weighted by Gasteiger charge is -2.10. The Bertz CT molecular complexity index is 1050. The van der Waals surface area contributed by atoms with Crippen molar-refractivity contribution < 1.29 is 19.1 Å². The number of carbonyl (C=O) groups excluding carboxylic acids is 2. The molecule has 154 valence electrons. The smallest absolute Gasteiger partial charge is 0.262 e. The van der Waals surface area contributed by atoms with Crippen molar-refractivity contribution in [2.24, 2.45) is 0 Å². The molecule has 0 fully saturated rings. The highest BCUT2D eigenvalue weighted by Gasteiger charge is 2.09. The van der Waals surface area contributed by atoms with Gasteiger partial charge in [0, 0.05) is 28.0 Å². The molecule has 0 spiro atoms. The zero-order valence-electron chi connectivity index (χ0n) is 16.6. The highest BCUT2D eigenvalue weighted by atomic mass is 35.5. The third kappa shape index (κ3) is 5.75. The SMILES string of the molecule is COc1cccc(NC(=O)COc2ccc(C(=O)Nc3cc(Cl)ccc3C)cc2)c1. The lowest BCUT2D eigenvalue weighted by Crippen LogP contribution is -2.20. The molecule has 6 nitrogen and oxygen atoms in total. The van der Waals surface area contributed by atoms with E-state index >= 15 is 0 Å². The number of methoxy groups -OCH3 is 1. The lowest BCUT2D eigenvalue weighted by molar-refractivity contribution is -0.118. The van der Waals surface area contributed by atoms with Crippen LogP contribution in [0.4, 0.5) is 11.4 Å². The maximum absolute atomic E-state index is 12.4. The maximum atomic E-state index is 12.4. The fraction of sp³-hybridized carbons (Fsp3) is 0.130. The summed E-state index contributed by atoms with van der Waals surface area (Å²) in [5.74, 6) is 0.561. The molecule has 30 heavy (non-hydrogen) atoms. The fourth-order valence-electron chi connectivity index (χ4n) is 2.67. The standard InChI is InChI=1S/C23H21ClN2O4/c1-15-6-9-17(24)12-21(15)26-23(28)16-7-10-19(11-8-16)30-14-22(27)25-18-4-3-5-20(13-18)29-2/h3-13H,14H2,1-2H3,(H,25,27)(H,26,28). The van der Waals surface area contributed by atoms with Gasteiger partial charge in [-0.3, -0.25) is 9.59 Å².